The van der Waals surface area contributed by atoms with Crippen LogP contribution >= 0.6 is 0 Å². The van der Waals surface area contributed by atoms with E-state index in [9.17, 15) is 22.4 Å². The third-order valence-electron chi connectivity index (χ3n) is 2.44. The fourth-order valence-corrected chi connectivity index (χ4v) is 1.55. The largest absolute Gasteiger partial charge is 0.485 e. The van der Waals surface area contributed by atoms with Gasteiger partial charge in [0.25, 0.3) is 0 Å². The van der Waals surface area contributed by atoms with Gasteiger partial charge in [0.05, 0.1) is 5.56 Å². The molecule has 0 saturated heterocycles. The van der Waals surface area contributed by atoms with Crippen molar-refractivity contribution in [3.63, 3.8) is 0 Å². The highest BCUT2D eigenvalue weighted by atomic mass is 19.1. The van der Waals surface area contributed by atoms with Gasteiger partial charge in [0.2, 0.25) is 5.78 Å². The Labute approximate surface area is 111 Å². The van der Waals surface area contributed by atoms with Gasteiger partial charge in [-0.25, -0.2) is 17.6 Å². The van der Waals surface area contributed by atoms with Crippen molar-refractivity contribution in [2.75, 3.05) is 6.61 Å². The summed E-state index contributed by atoms with van der Waals surface area (Å²) in [4.78, 5) is 11.6. The highest BCUT2D eigenvalue weighted by molar-refractivity contribution is 5.97. The second kappa shape index (κ2) is 5.73. The number of carbonyl (C=O) groups is 1. The summed E-state index contributed by atoms with van der Waals surface area (Å²) in [5, 5.41) is 0. The number of hydrogen-bond donors (Lipinski definition) is 0. The summed E-state index contributed by atoms with van der Waals surface area (Å²) in [6, 6.07) is 4.89. The van der Waals surface area contributed by atoms with Gasteiger partial charge >= 0.3 is 0 Å². The first-order valence-corrected chi connectivity index (χ1v) is 5.53. The minimum Gasteiger partial charge on any atom is -0.485 e. The Bertz CT molecular complexity index is 635. The van der Waals surface area contributed by atoms with E-state index in [0.29, 0.717) is 12.1 Å². The Morgan fingerprint density at radius 1 is 0.900 bits per heavy atom. The summed E-state index contributed by atoms with van der Waals surface area (Å²) in [6.45, 7) is -0.620. The van der Waals surface area contributed by atoms with Crippen LogP contribution in [0.3, 0.4) is 0 Å². The fraction of sp³-hybridized carbons (Fsp3) is 0.0714. The van der Waals surface area contributed by atoms with E-state index in [2.05, 4.69) is 0 Å². The van der Waals surface area contributed by atoms with Crippen LogP contribution in [0.25, 0.3) is 0 Å². The maximum atomic E-state index is 13.3. The smallest absolute Gasteiger partial charge is 0.203 e. The zero-order valence-corrected chi connectivity index (χ0v) is 10.00. The molecule has 0 amide bonds. The van der Waals surface area contributed by atoms with Crippen LogP contribution in [0.4, 0.5) is 17.6 Å². The number of benzene rings is 2. The molecule has 0 atom stereocenters. The molecule has 0 saturated carbocycles. The van der Waals surface area contributed by atoms with Gasteiger partial charge in [-0.15, -0.1) is 0 Å². The number of carbonyl (C=O) groups excluding carboxylic acids is 1. The molecule has 0 unspecified atom stereocenters. The molecule has 2 rings (SSSR count). The lowest BCUT2D eigenvalue weighted by Crippen LogP contribution is -2.13. The Morgan fingerprint density at radius 3 is 2.15 bits per heavy atom. The van der Waals surface area contributed by atoms with Crippen LogP contribution in [0.5, 0.6) is 5.75 Å². The fourth-order valence-electron chi connectivity index (χ4n) is 1.55. The third-order valence-corrected chi connectivity index (χ3v) is 2.44. The van der Waals surface area contributed by atoms with Crippen molar-refractivity contribution in [3.8, 4) is 5.75 Å². The molecule has 0 aliphatic rings. The first-order chi connectivity index (χ1) is 9.45. The molecule has 0 N–H and O–H groups in total. The van der Waals surface area contributed by atoms with Gasteiger partial charge in [0.1, 0.15) is 29.0 Å². The number of Topliss-reactive ketones (excluding diaryl/α,β-unsaturated/α-hetero) is 1. The molecule has 6 heteroatoms. The number of rotatable bonds is 4. The third kappa shape index (κ3) is 3.34. The molecule has 0 spiro atoms. The van der Waals surface area contributed by atoms with Crippen LogP contribution in [-0.4, -0.2) is 12.4 Å². The summed E-state index contributed by atoms with van der Waals surface area (Å²) in [5.74, 6) is -4.53. The van der Waals surface area contributed by atoms with Crippen LogP contribution in [0.1, 0.15) is 10.4 Å². The van der Waals surface area contributed by atoms with E-state index in [4.69, 9.17) is 4.74 Å². The normalized spacial score (nSPS) is 10.4. The number of ketones is 1. The highest BCUT2D eigenvalue weighted by Crippen LogP contribution is 2.16. The Morgan fingerprint density at radius 2 is 1.55 bits per heavy atom. The molecule has 104 valence electrons. The number of hydrogen-bond acceptors (Lipinski definition) is 2. The van der Waals surface area contributed by atoms with Crippen molar-refractivity contribution in [2.24, 2.45) is 0 Å². The monoisotopic (exact) mass is 284 g/mol. The lowest BCUT2D eigenvalue weighted by molar-refractivity contribution is 0.0916. The molecule has 0 bridgehead atoms. The SMILES string of the molecule is O=C(COc1cc(F)cc(F)c1)c1ccc(F)cc1F. The maximum Gasteiger partial charge on any atom is 0.203 e. The lowest BCUT2D eigenvalue weighted by atomic mass is 10.1. The van der Waals surface area contributed by atoms with Crippen molar-refractivity contribution in [2.45, 2.75) is 0 Å². The van der Waals surface area contributed by atoms with Crippen LogP contribution in [-0.2, 0) is 0 Å². The molecule has 0 fully saturated rings. The van der Waals surface area contributed by atoms with Crippen molar-refractivity contribution in [1.29, 1.82) is 0 Å². The van der Waals surface area contributed by atoms with E-state index in [1.807, 2.05) is 0 Å². The molecule has 0 heterocycles. The molecule has 0 radical (unpaired) electrons. The predicted octanol–water partition coefficient (Wildman–Crippen LogP) is 3.50. The van der Waals surface area contributed by atoms with E-state index in [1.165, 1.54) is 0 Å². The minimum absolute atomic E-state index is 0.196. The van der Waals surface area contributed by atoms with Gasteiger partial charge in [-0.3, -0.25) is 4.79 Å². The molecule has 0 aliphatic heterocycles. The standard InChI is InChI=1S/C14H8F4O2/c15-8-1-2-12(13(18)6-8)14(19)7-20-11-4-9(16)3-10(17)5-11/h1-6H,7H2. The lowest BCUT2D eigenvalue weighted by Gasteiger charge is -2.06. The van der Waals surface area contributed by atoms with Gasteiger partial charge in [-0.1, -0.05) is 0 Å². The molecular weight excluding hydrogens is 276 g/mol. The van der Waals surface area contributed by atoms with E-state index in [1.54, 1.807) is 0 Å². The van der Waals surface area contributed by atoms with Crippen LogP contribution in [0, 0.1) is 23.3 Å². The van der Waals surface area contributed by atoms with Crippen LogP contribution in [0.15, 0.2) is 36.4 Å². The van der Waals surface area contributed by atoms with Gasteiger partial charge in [-0.05, 0) is 12.1 Å². The van der Waals surface area contributed by atoms with Crippen LogP contribution in [0.2, 0.25) is 0 Å². The first-order valence-electron chi connectivity index (χ1n) is 5.53. The zero-order valence-electron chi connectivity index (χ0n) is 10.00. The van der Waals surface area contributed by atoms with Crippen LogP contribution < -0.4 is 4.74 Å². The number of halogens is 4. The minimum atomic E-state index is -1.02. The topological polar surface area (TPSA) is 26.3 Å². The summed E-state index contributed by atoms with van der Waals surface area (Å²) < 4.78 is 56.6. The highest BCUT2D eigenvalue weighted by Gasteiger charge is 2.13. The van der Waals surface area contributed by atoms with Crippen molar-refractivity contribution < 1.29 is 27.1 Å². The zero-order chi connectivity index (χ0) is 14.7. The molecule has 2 aromatic carbocycles. The van der Waals surface area contributed by atoms with E-state index >= 15 is 0 Å². The molecule has 0 aliphatic carbocycles. The molecular formula is C14H8F4O2. The summed E-state index contributed by atoms with van der Waals surface area (Å²) >= 11 is 0. The van der Waals surface area contributed by atoms with E-state index in [0.717, 1.165) is 24.3 Å². The summed E-state index contributed by atoms with van der Waals surface area (Å²) in [6.07, 6.45) is 0. The second-order valence-electron chi connectivity index (χ2n) is 3.94. The average molecular weight is 284 g/mol. The van der Waals surface area contributed by atoms with Gasteiger partial charge < -0.3 is 4.74 Å². The Kier molecular flexibility index (Phi) is 4.02. The van der Waals surface area contributed by atoms with E-state index in [-0.39, 0.29) is 11.3 Å². The summed E-state index contributed by atoms with van der Waals surface area (Å²) in [7, 11) is 0. The van der Waals surface area contributed by atoms with Crippen molar-refractivity contribution in [1.82, 2.24) is 0 Å². The average Bonchev–Trinajstić information content (AvgIpc) is 2.35. The predicted molar refractivity (Wildman–Crippen MR) is 62.5 cm³/mol. The number of ether oxygens (including phenoxy) is 1. The second-order valence-corrected chi connectivity index (χ2v) is 3.94. The first kappa shape index (κ1) is 14.0. The summed E-state index contributed by atoms with van der Waals surface area (Å²) in [5.41, 5.74) is -0.358. The molecule has 2 nitrogen and oxygen atoms in total. The van der Waals surface area contributed by atoms with Crippen molar-refractivity contribution in [3.05, 3.63) is 65.2 Å². The maximum absolute atomic E-state index is 13.3. The van der Waals surface area contributed by atoms with Gasteiger partial charge in [-0.2, -0.15) is 0 Å². The van der Waals surface area contributed by atoms with E-state index < -0.39 is 35.7 Å². The molecule has 2 aromatic rings. The van der Waals surface area contributed by atoms with Crippen molar-refractivity contribution >= 4 is 5.78 Å². The van der Waals surface area contributed by atoms with Gasteiger partial charge in [0, 0.05) is 24.3 Å². The Balaban J connectivity index is 2.08. The van der Waals surface area contributed by atoms with Gasteiger partial charge in [0.15, 0.2) is 6.61 Å². The molecule has 0 aromatic heterocycles. The Hall–Kier alpha value is -2.37. The molecule has 20 heavy (non-hydrogen) atoms. The quantitative estimate of drug-likeness (QED) is 0.634.